The molecule has 9 heteroatoms. The number of aliphatic hydroxyl groups excluding tert-OH is 1. The third-order valence-electron chi connectivity index (χ3n) is 9.08. The van der Waals surface area contributed by atoms with Crippen LogP contribution >= 0.6 is 0 Å². The number of rotatable bonds is 9. The second-order valence-corrected chi connectivity index (χ2v) is 19.9. The van der Waals surface area contributed by atoms with Gasteiger partial charge in [-0.15, -0.1) is 0 Å². The average molecular weight is 631 g/mol. The van der Waals surface area contributed by atoms with Crippen LogP contribution in [-0.2, 0) is 17.8 Å². The van der Waals surface area contributed by atoms with Gasteiger partial charge in [0, 0.05) is 56.8 Å². The fraction of sp³-hybridized carbons (Fsp3) is 0.500. The van der Waals surface area contributed by atoms with Crippen LogP contribution in [0.1, 0.15) is 61.7 Å². The van der Waals surface area contributed by atoms with E-state index in [9.17, 15) is 14.7 Å². The van der Waals surface area contributed by atoms with Gasteiger partial charge in [-0.3, -0.25) is 14.6 Å². The molecule has 1 aromatic heterocycles. The predicted molar refractivity (Wildman–Crippen MR) is 185 cm³/mol. The zero-order valence-electron chi connectivity index (χ0n) is 28.1. The molecular formula is C36H50N4O4Si. The molecule has 45 heavy (non-hydrogen) atoms. The van der Waals surface area contributed by atoms with E-state index >= 15 is 0 Å². The standard InChI is InChI=1S/C36H50N4O4Si/c1-9-26-11-12-28(33-29(26)20-37-34(33)42)31-19-27-18-25(10-13-30(27)40(31)35(43)44-36(4,5)6)21-38-14-16-39(17-15-38)22-32(41)45(7,8)23-24(2)3/h9-13,18-19,24,32,41H,1,14-17,20-23H2,2-8H3,(H,37,42). The van der Waals surface area contributed by atoms with Gasteiger partial charge < -0.3 is 15.2 Å². The predicted octanol–water partition coefficient (Wildman–Crippen LogP) is 6.36. The molecule has 8 nitrogen and oxygen atoms in total. The van der Waals surface area contributed by atoms with Crippen LogP contribution in [0.2, 0.25) is 19.1 Å². The molecule has 1 amide bonds. The number of β-amino-alcohol motifs (C(OH)–C–C–N with tert-alkyl or cyclic N) is 1. The molecule has 0 aliphatic carbocycles. The highest BCUT2D eigenvalue weighted by Crippen LogP contribution is 2.36. The van der Waals surface area contributed by atoms with Gasteiger partial charge in [0.05, 0.1) is 30.6 Å². The summed E-state index contributed by atoms with van der Waals surface area (Å²) in [5.74, 6) is 0.466. The highest BCUT2D eigenvalue weighted by molar-refractivity contribution is 6.78. The highest BCUT2D eigenvalue weighted by Gasteiger charge is 2.33. The van der Waals surface area contributed by atoms with Gasteiger partial charge in [-0.05, 0) is 61.6 Å². The van der Waals surface area contributed by atoms with Crippen LogP contribution in [0.15, 0.2) is 43.0 Å². The molecule has 242 valence electrons. The topological polar surface area (TPSA) is 87.0 Å². The Morgan fingerprint density at radius 1 is 1.09 bits per heavy atom. The van der Waals surface area contributed by atoms with Crippen molar-refractivity contribution in [1.82, 2.24) is 19.7 Å². The highest BCUT2D eigenvalue weighted by atomic mass is 28.3. The minimum absolute atomic E-state index is 0.150. The zero-order chi connectivity index (χ0) is 32.7. The smallest absolute Gasteiger partial charge is 0.419 e. The van der Waals surface area contributed by atoms with E-state index in [-0.39, 0.29) is 11.6 Å². The number of amides is 1. The first-order valence-electron chi connectivity index (χ1n) is 16.2. The number of ether oxygens (including phenoxy) is 1. The number of nitrogens with zero attached hydrogens (tertiary/aromatic N) is 3. The number of carbonyl (C=O) groups excluding carboxylic acids is 2. The van der Waals surface area contributed by atoms with Crippen molar-refractivity contribution < 1.29 is 19.4 Å². The number of hydrogen-bond acceptors (Lipinski definition) is 6. The number of aromatic nitrogens is 1. The molecule has 1 unspecified atom stereocenters. The van der Waals surface area contributed by atoms with Crippen LogP contribution in [-0.4, -0.2) is 83.6 Å². The third kappa shape index (κ3) is 7.27. The Labute approximate surface area is 269 Å². The molecule has 2 aliphatic rings. The fourth-order valence-electron chi connectivity index (χ4n) is 6.91. The summed E-state index contributed by atoms with van der Waals surface area (Å²) in [6.07, 6.45) is 1.29. The third-order valence-corrected chi connectivity index (χ3v) is 12.9. The lowest BCUT2D eigenvalue weighted by Crippen LogP contribution is -2.53. The largest absolute Gasteiger partial charge is 0.443 e. The van der Waals surface area contributed by atoms with E-state index in [2.05, 4.69) is 60.8 Å². The van der Waals surface area contributed by atoms with Crippen molar-refractivity contribution in [3.05, 3.63) is 65.2 Å². The van der Waals surface area contributed by atoms with Crippen LogP contribution in [0.4, 0.5) is 4.79 Å². The average Bonchev–Trinajstić information content (AvgIpc) is 3.53. The minimum atomic E-state index is -1.68. The number of aliphatic hydroxyl groups is 1. The molecule has 2 aromatic carbocycles. The van der Waals surface area contributed by atoms with Crippen LogP contribution in [0.5, 0.6) is 0 Å². The molecule has 0 bridgehead atoms. The molecule has 1 saturated heterocycles. The van der Waals surface area contributed by atoms with Gasteiger partial charge >= 0.3 is 6.09 Å². The van der Waals surface area contributed by atoms with Gasteiger partial charge in [0.2, 0.25) is 0 Å². The van der Waals surface area contributed by atoms with Crippen molar-refractivity contribution >= 4 is 37.1 Å². The summed E-state index contributed by atoms with van der Waals surface area (Å²) in [6.45, 7) is 24.4. The van der Waals surface area contributed by atoms with Gasteiger partial charge in [-0.2, -0.15) is 0 Å². The maximum atomic E-state index is 13.7. The minimum Gasteiger partial charge on any atom is -0.443 e. The molecule has 0 spiro atoms. The van der Waals surface area contributed by atoms with E-state index in [0.717, 1.165) is 67.3 Å². The SMILES string of the molecule is C=Cc1ccc(-c2cc3cc(CN4CCN(CC(O)[Si](C)(C)CC(C)C)CC4)ccc3n2C(=O)OC(C)(C)C)c2c1CNC2=O. The van der Waals surface area contributed by atoms with E-state index in [1.54, 1.807) is 10.6 Å². The van der Waals surface area contributed by atoms with Gasteiger partial charge in [0.1, 0.15) is 5.60 Å². The zero-order valence-corrected chi connectivity index (χ0v) is 29.1. The summed E-state index contributed by atoms with van der Waals surface area (Å²) >= 11 is 0. The molecule has 2 N–H and O–H groups in total. The van der Waals surface area contributed by atoms with Gasteiger partial charge in [-0.25, -0.2) is 9.36 Å². The first-order valence-corrected chi connectivity index (χ1v) is 19.5. The van der Waals surface area contributed by atoms with Crippen LogP contribution in [0, 0.1) is 5.92 Å². The van der Waals surface area contributed by atoms with E-state index in [4.69, 9.17) is 4.74 Å². The van der Waals surface area contributed by atoms with Crippen LogP contribution < -0.4 is 5.32 Å². The second kappa shape index (κ2) is 12.9. The molecule has 3 heterocycles. The number of benzene rings is 2. The Hall–Kier alpha value is -3.24. The first-order chi connectivity index (χ1) is 21.2. The van der Waals surface area contributed by atoms with Gasteiger partial charge in [0.25, 0.3) is 5.91 Å². The summed E-state index contributed by atoms with van der Waals surface area (Å²) in [7, 11) is -1.68. The second-order valence-electron chi connectivity index (χ2n) is 14.9. The van der Waals surface area contributed by atoms with E-state index < -0.39 is 19.8 Å². The maximum absolute atomic E-state index is 13.7. The quantitative estimate of drug-likeness (QED) is 0.268. The number of nitrogens with one attached hydrogen (secondary N) is 1. The number of hydrogen-bond donors (Lipinski definition) is 2. The monoisotopic (exact) mass is 630 g/mol. The van der Waals surface area contributed by atoms with Crippen molar-refractivity contribution in [3.8, 4) is 11.3 Å². The van der Waals surface area contributed by atoms with Gasteiger partial charge in [0.15, 0.2) is 0 Å². The molecule has 2 aliphatic heterocycles. The summed E-state index contributed by atoms with van der Waals surface area (Å²) in [5, 5.41) is 14.9. The van der Waals surface area contributed by atoms with E-state index in [0.29, 0.717) is 29.3 Å². The number of fused-ring (bicyclic) bond motifs is 2. The van der Waals surface area contributed by atoms with Crippen molar-refractivity contribution in [2.75, 3.05) is 32.7 Å². The van der Waals surface area contributed by atoms with E-state index in [1.165, 1.54) is 5.56 Å². The molecular weight excluding hydrogens is 581 g/mol. The molecule has 1 fully saturated rings. The van der Waals surface area contributed by atoms with Crippen molar-refractivity contribution in [2.24, 2.45) is 5.92 Å². The number of carbonyl (C=O) groups is 2. The Morgan fingerprint density at radius 3 is 2.42 bits per heavy atom. The molecule has 5 rings (SSSR count). The van der Waals surface area contributed by atoms with Gasteiger partial charge in [-0.1, -0.05) is 63.8 Å². The maximum Gasteiger partial charge on any atom is 0.419 e. The van der Waals surface area contributed by atoms with Crippen LogP contribution in [0.25, 0.3) is 28.2 Å². The summed E-state index contributed by atoms with van der Waals surface area (Å²) in [6, 6.07) is 13.2. The van der Waals surface area contributed by atoms with Crippen LogP contribution in [0.3, 0.4) is 0 Å². The Morgan fingerprint density at radius 2 is 1.78 bits per heavy atom. The Bertz CT molecular complexity index is 1590. The van der Waals surface area contributed by atoms with Crippen molar-refractivity contribution in [3.63, 3.8) is 0 Å². The lowest BCUT2D eigenvalue weighted by atomic mass is 9.96. The summed E-state index contributed by atoms with van der Waals surface area (Å²) in [4.78, 5) is 31.5. The lowest BCUT2D eigenvalue weighted by Gasteiger charge is -2.39. The first kappa shape index (κ1) is 33.1. The molecule has 0 saturated carbocycles. The molecule has 0 radical (unpaired) electrons. The normalized spacial score (nSPS) is 17.0. The molecule has 3 aromatic rings. The van der Waals surface area contributed by atoms with Crippen molar-refractivity contribution in [1.29, 1.82) is 0 Å². The summed E-state index contributed by atoms with van der Waals surface area (Å²) in [5.41, 5.74) is 4.74. The number of piperazine rings is 1. The fourth-order valence-corrected chi connectivity index (χ4v) is 10.0. The van der Waals surface area contributed by atoms with E-state index in [1.807, 2.05) is 45.0 Å². The Balaban J connectivity index is 1.39. The Kier molecular flexibility index (Phi) is 9.47. The lowest BCUT2D eigenvalue weighted by molar-refractivity contribution is 0.0547. The van der Waals surface area contributed by atoms with Crippen molar-refractivity contribution in [2.45, 2.75) is 78.2 Å². The summed E-state index contributed by atoms with van der Waals surface area (Å²) < 4.78 is 7.46. The molecule has 1 atom stereocenters.